The number of nitrogens with zero attached hydrogens (tertiary/aromatic N) is 1. The van der Waals surface area contributed by atoms with Crippen molar-refractivity contribution < 1.29 is 9.53 Å². The quantitative estimate of drug-likeness (QED) is 0.567. The molecule has 0 spiro atoms. The fraction of sp³-hybridized carbons (Fsp3) is 0.200. The van der Waals surface area contributed by atoms with E-state index in [4.69, 9.17) is 4.74 Å². The highest BCUT2D eigenvalue weighted by Crippen LogP contribution is 2.08. The van der Waals surface area contributed by atoms with Gasteiger partial charge in [-0.3, -0.25) is 4.99 Å². The molecule has 3 nitrogen and oxygen atoms in total. The van der Waals surface area contributed by atoms with Crippen molar-refractivity contribution in [3.8, 4) is 0 Å². The minimum Gasteiger partial charge on any atom is -0.452 e. The molecule has 0 aromatic heterocycles. The van der Waals surface area contributed by atoms with Crippen LogP contribution in [0.3, 0.4) is 0 Å². The van der Waals surface area contributed by atoms with Crippen LogP contribution in [0.1, 0.15) is 0 Å². The first-order valence-corrected chi connectivity index (χ1v) is 5.33. The first-order chi connectivity index (χ1) is 6.83. The normalized spacial score (nSPS) is 10.4. The van der Waals surface area contributed by atoms with E-state index in [0.29, 0.717) is 0 Å². The van der Waals surface area contributed by atoms with Crippen LogP contribution in [0.25, 0.3) is 0 Å². The molecule has 0 N–H and O–H groups in total. The molecular formula is C10H11NO2S. The van der Waals surface area contributed by atoms with Crippen LogP contribution in [0.4, 0.5) is 10.5 Å². The lowest BCUT2D eigenvalue weighted by molar-refractivity contribution is 0.192. The van der Waals surface area contributed by atoms with Gasteiger partial charge in [0.05, 0.1) is 5.69 Å². The van der Waals surface area contributed by atoms with E-state index in [2.05, 4.69) is 4.99 Å². The molecule has 0 heterocycles. The lowest BCUT2D eigenvalue weighted by Gasteiger charge is -1.96. The Bertz CT molecular complexity index is 311. The van der Waals surface area contributed by atoms with E-state index < -0.39 is 0 Å². The third-order valence-electron chi connectivity index (χ3n) is 1.44. The average Bonchev–Trinajstić information content (AvgIpc) is 2.25. The number of rotatable bonds is 3. The van der Waals surface area contributed by atoms with E-state index in [0.717, 1.165) is 17.4 Å². The van der Waals surface area contributed by atoms with Crippen molar-refractivity contribution in [3.63, 3.8) is 0 Å². The van der Waals surface area contributed by atoms with Crippen LogP contribution in [0.5, 0.6) is 0 Å². The molecular weight excluding hydrogens is 198 g/mol. The highest BCUT2D eigenvalue weighted by molar-refractivity contribution is 8.12. The summed E-state index contributed by atoms with van der Waals surface area (Å²) in [7, 11) is 0. The van der Waals surface area contributed by atoms with Gasteiger partial charge in [0.1, 0.15) is 6.61 Å². The molecule has 4 heteroatoms. The average molecular weight is 209 g/mol. The number of carbonyl (C=O) groups is 1. The van der Waals surface area contributed by atoms with E-state index in [1.165, 1.54) is 0 Å². The molecule has 1 rings (SSSR count). The van der Waals surface area contributed by atoms with E-state index >= 15 is 0 Å². The van der Waals surface area contributed by atoms with Crippen LogP contribution in [-0.4, -0.2) is 24.4 Å². The number of ether oxygens (including phenoxy) is 1. The SMILES string of the molecule is CSC(=O)OCC=Nc1ccccc1. The fourth-order valence-corrected chi connectivity index (χ4v) is 1.01. The summed E-state index contributed by atoms with van der Waals surface area (Å²) in [6, 6.07) is 9.49. The van der Waals surface area contributed by atoms with Crippen molar-refractivity contribution >= 4 is 29.0 Å². The standard InChI is InChI=1S/C10H11NO2S/c1-14-10(12)13-8-7-11-9-5-3-2-4-6-9/h2-7H,8H2,1H3. The number of carbonyl (C=O) groups excluding carboxylic acids is 1. The Morgan fingerprint density at radius 3 is 2.86 bits per heavy atom. The Hall–Kier alpha value is -1.29. The smallest absolute Gasteiger partial charge is 0.367 e. The molecule has 74 valence electrons. The van der Waals surface area contributed by atoms with Crippen LogP contribution < -0.4 is 0 Å². The summed E-state index contributed by atoms with van der Waals surface area (Å²) in [6.07, 6.45) is 3.25. The summed E-state index contributed by atoms with van der Waals surface area (Å²) in [6.45, 7) is 0.217. The fourth-order valence-electron chi connectivity index (χ4n) is 0.821. The molecule has 0 radical (unpaired) electrons. The van der Waals surface area contributed by atoms with Crippen molar-refractivity contribution in [1.82, 2.24) is 0 Å². The maximum atomic E-state index is 10.7. The summed E-state index contributed by atoms with van der Waals surface area (Å²) in [5.41, 5.74) is 0.854. The van der Waals surface area contributed by atoms with Crippen molar-refractivity contribution in [2.24, 2.45) is 4.99 Å². The summed E-state index contributed by atoms with van der Waals surface area (Å²) in [5.74, 6) is 0. The van der Waals surface area contributed by atoms with Gasteiger partial charge in [0.15, 0.2) is 0 Å². The Morgan fingerprint density at radius 2 is 2.21 bits per heavy atom. The number of thioether (sulfide) groups is 1. The van der Waals surface area contributed by atoms with Gasteiger partial charge in [0.2, 0.25) is 0 Å². The van der Waals surface area contributed by atoms with Gasteiger partial charge in [-0.15, -0.1) is 0 Å². The Morgan fingerprint density at radius 1 is 1.50 bits per heavy atom. The summed E-state index contributed by atoms with van der Waals surface area (Å²) >= 11 is 1.05. The lowest BCUT2D eigenvalue weighted by Crippen LogP contribution is -1.99. The van der Waals surface area contributed by atoms with Crippen LogP contribution in [0.15, 0.2) is 35.3 Å². The van der Waals surface area contributed by atoms with Gasteiger partial charge in [0.25, 0.3) is 0 Å². The molecule has 0 aliphatic heterocycles. The summed E-state index contributed by atoms with van der Waals surface area (Å²) in [4.78, 5) is 14.8. The van der Waals surface area contributed by atoms with Gasteiger partial charge in [-0.05, 0) is 30.2 Å². The molecule has 14 heavy (non-hydrogen) atoms. The predicted molar refractivity (Wildman–Crippen MR) is 59.5 cm³/mol. The van der Waals surface area contributed by atoms with Crippen LogP contribution >= 0.6 is 11.8 Å². The maximum absolute atomic E-state index is 10.7. The predicted octanol–water partition coefficient (Wildman–Crippen LogP) is 2.89. The summed E-state index contributed by atoms with van der Waals surface area (Å²) < 4.78 is 4.79. The van der Waals surface area contributed by atoms with Gasteiger partial charge in [-0.25, -0.2) is 4.79 Å². The van der Waals surface area contributed by atoms with E-state index in [1.54, 1.807) is 12.5 Å². The van der Waals surface area contributed by atoms with Gasteiger partial charge in [-0.2, -0.15) is 0 Å². The lowest BCUT2D eigenvalue weighted by atomic mass is 10.3. The molecule has 0 unspecified atom stereocenters. The topological polar surface area (TPSA) is 38.7 Å². The molecule has 1 aromatic rings. The molecule has 0 saturated heterocycles. The minimum absolute atomic E-state index is 0.217. The second-order valence-corrected chi connectivity index (χ2v) is 3.15. The zero-order chi connectivity index (χ0) is 10.2. The number of para-hydroxylation sites is 1. The second kappa shape index (κ2) is 6.21. The van der Waals surface area contributed by atoms with Gasteiger partial charge >= 0.3 is 5.30 Å². The van der Waals surface area contributed by atoms with E-state index in [1.807, 2.05) is 30.3 Å². The number of aliphatic imine (C=N–C) groups is 1. The zero-order valence-corrected chi connectivity index (χ0v) is 8.66. The number of benzene rings is 1. The summed E-state index contributed by atoms with van der Waals surface area (Å²) in [5, 5.41) is -0.287. The van der Waals surface area contributed by atoms with Gasteiger partial charge in [-0.1, -0.05) is 18.2 Å². The Labute approximate surface area is 87.2 Å². The van der Waals surface area contributed by atoms with Crippen molar-refractivity contribution in [2.75, 3.05) is 12.9 Å². The number of hydrogen-bond acceptors (Lipinski definition) is 4. The van der Waals surface area contributed by atoms with E-state index in [-0.39, 0.29) is 11.9 Å². The van der Waals surface area contributed by atoms with Gasteiger partial charge in [0, 0.05) is 6.21 Å². The first-order valence-electron chi connectivity index (χ1n) is 4.11. The second-order valence-electron chi connectivity index (χ2n) is 2.41. The van der Waals surface area contributed by atoms with Crippen LogP contribution in [0, 0.1) is 0 Å². The van der Waals surface area contributed by atoms with Crippen molar-refractivity contribution in [1.29, 1.82) is 0 Å². The Kier molecular flexibility index (Phi) is 4.78. The van der Waals surface area contributed by atoms with Crippen molar-refractivity contribution in [2.45, 2.75) is 0 Å². The first kappa shape index (κ1) is 10.8. The largest absolute Gasteiger partial charge is 0.452 e. The van der Waals surface area contributed by atoms with Crippen LogP contribution in [0.2, 0.25) is 0 Å². The number of hydrogen-bond donors (Lipinski definition) is 0. The third kappa shape index (κ3) is 4.09. The minimum atomic E-state index is -0.287. The molecule has 1 aromatic carbocycles. The molecule has 0 saturated carbocycles. The van der Waals surface area contributed by atoms with Crippen LogP contribution in [-0.2, 0) is 4.74 Å². The highest BCUT2D eigenvalue weighted by atomic mass is 32.2. The van der Waals surface area contributed by atoms with Crippen molar-refractivity contribution in [3.05, 3.63) is 30.3 Å². The molecule has 0 aliphatic rings. The van der Waals surface area contributed by atoms with Gasteiger partial charge < -0.3 is 4.74 Å². The molecule has 0 fully saturated rings. The Balaban J connectivity index is 2.31. The highest BCUT2D eigenvalue weighted by Gasteiger charge is 1.95. The maximum Gasteiger partial charge on any atom is 0.367 e. The molecule has 0 aliphatic carbocycles. The third-order valence-corrected chi connectivity index (χ3v) is 1.89. The zero-order valence-electron chi connectivity index (χ0n) is 7.84. The van der Waals surface area contributed by atoms with E-state index in [9.17, 15) is 4.79 Å². The molecule has 0 bridgehead atoms. The molecule has 0 amide bonds. The molecule has 0 atom stereocenters. The monoisotopic (exact) mass is 209 g/mol.